The third-order valence-electron chi connectivity index (χ3n) is 5.03. The van der Waals surface area contributed by atoms with Crippen molar-refractivity contribution in [1.82, 2.24) is 14.8 Å². The van der Waals surface area contributed by atoms with E-state index in [9.17, 15) is 9.59 Å². The highest BCUT2D eigenvalue weighted by Crippen LogP contribution is 2.31. The molecule has 2 fully saturated rings. The highest BCUT2D eigenvalue weighted by Gasteiger charge is 2.41. The molecule has 2 aliphatic heterocycles. The zero-order valence-corrected chi connectivity index (χ0v) is 14.5. The minimum Gasteiger partial charge on any atom is -0.338 e. The Morgan fingerprint density at radius 1 is 1.30 bits per heavy atom. The Morgan fingerprint density at radius 3 is 2.74 bits per heavy atom. The molecular weight excluding hydrogens is 312 g/mol. The lowest BCUT2D eigenvalue weighted by Crippen LogP contribution is -2.53. The quantitative estimate of drug-likeness (QED) is 0.913. The van der Waals surface area contributed by atoms with Crippen molar-refractivity contribution in [2.24, 2.45) is 0 Å². The molecule has 1 N–H and O–H groups in total. The Hall–Kier alpha value is -1.47. The molecule has 2 amide bonds. The summed E-state index contributed by atoms with van der Waals surface area (Å²) in [6, 6.07) is 0.337. The molecule has 2 saturated heterocycles. The van der Waals surface area contributed by atoms with Gasteiger partial charge in [-0.2, -0.15) is 0 Å². The maximum atomic E-state index is 12.5. The molecule has 7 heteroatoms. The van der Waals surface area contributed by atoms with Crippen LogP contribution in [0.2, 0.25) is 0 Å². The highest BCUT2D eigenvalue weighted by molar-refractivity contribution is 7.13. The van der Waals surface area contributed by atoms with E-state index in [1.54, 1.807) is 13.1 Å². The third-order valence-corrected chi connectivity index (χ3v) is 5.72. The second kappa shape index (κ2) is 6.97. The van der Waals surface area contributed by atoms with E-state index >= 15 is 0 Å². The zero-order chi connectivity index (χ0) is 16.4. The third kappa shape index (κ3) is 3.40. The Kier molecular flexibility index (Phi) is 4.96. The molecule has 0 unspecified atom stereocenters. The molecule has 0 spiro atoms. The van der Waals surface area contributed by atoms with Crippen LogP contribution in [-0.4, -0.2) is 57.8 Å². The molecule has 1 aromatic heterocycles. The predicted molar refractivity (Wildman–Crippen MR) is 90.3 cm³/mol. The summed E-state index contributed by atoms with van der Waals surface area (Å²) in [7, 11) is 0. The molecule has 126 valence electrons. The van der Waals surface area contributed by atoms with Crippen LogP contribution in [-0.2, 0) is 9.59 Å². The Balaban J connectivity index is 1.68. The van der Waals surface area contributed by atoms with Gasteiger partial charge in [-0.15, -0.1) is 11.3 Å². The van der Waals surface area contributed by atoms with Crippen molar-refractivity contribution in [3.8, 4) is 0 Å². The van der Waals surface area contributed by atoms with Gasteiger partial charge in [0, 0.05) is 37.1 Å². The van der Waals surface area contributed by atoms with Crippen LogP contribution in [0.1, 0.15) is 39.5 Å². The molecule has 2 aliphatic rings. The fourth-order valence-corrected chi connectivity index (χ4v) is 4.47. The van der Waals surface area contributed by atoms with Gasteiger partial charge in [0.2, 0.25) is 11.8 Å². The van der Waals surface area contributed by atoms with Crippen LogP contribution < -0.4 is 5.32 Å². The number of hydrogen-bond donors (Lipinski definition) is 1. The second-order valence-corrected chi connectivity index (χ2v) is 7.27. The molecule has 0 bridgehead atoms. The standard InChI is InChI=1S/C16H24N4O2S/c1-11(15(22)18-16-17-7-10-23-16)19-8-3-5-13(19)14-6-4-9-20(14)12(2)21/h7,10-11,13-14H,3-6,8-9H2,1-2H3,(H,17,18,22)/t11-,13-,14+/m0/s1. The van der Waals surface area contributed by atoms with E-state index in [-0.39, 0.29) is 23.9 Å². The number of aromatic nitrogens is 1. The van der Waals surface area contributed by atoms with Crippen LogP contribution >= 0.6 is 11.3 Å². The van der Waals surface area contributed by atoms with Gasteiger partial charge in [0.05, 0.1) is 6.04 Å². The Labute approximate surface area is 140 Å². The first kappa shape index (κ1) is 16.4. The summed E-state index contributed by atoms with van der Waals surface area (Å²) >= 11 is 1.43. The lowest BCUT2D eigenvalue weighted by Gasteiger charge is -2.37. The van der Waals surface area contributed by atoms with Gasteiger partial charge >= 0.3 is 0 Å². The van der Waals surface area contributed by atoms with Gasteiger partial charge in [0.1, 0.15) is 0 Å². The molecule has 1 aromatic rings. The fraction of sp³-hybridized carbons (Fsp3) is 0.688. The average molecular weight is 336 g/mol. The van der Waals surface area contributed by atoms with E-state index in [2.05, 4.69) is 15.2 Å². The summed E-state index contributed by atoms with van der Waals surface area (Å²) < 4.78 is 0. The van der Waals surface area contributed by atoms with Crippen LogP contribution in [0.25, 0.3) is 0 Å². The topological polar surface area (TPSA) is 65.5 Å². The summed E-state index contributed by atoms with van der Waals surface area (Å²) in [5, 5.41) is 5.38. The number of carbonyl (C=O) groups is 2. The van der Waals surface area contributed by atoms with Gasteiger partial charge in [-0.25, -0.2) is 4.98 Å². The number of carbonyl (C=O) groups excluding carboxylic acids is 2. The molecule has 3 rings (SSSR count). The van der Waals surface area contributed by atoms with Gasteiger partial charge in [0.15, 0.2) is 5.13 Å². The first-order valence-electron chi connectivity index (χ1n) is 8.31. The van der Waals surface area contributed by atoms with E-state index in [4.69, 9.17) is 0 Å². The first-order valence-corrected chi connectivity index (χ1v) is 9.19. The number of hydrogen-bond acceptors (Lipinski definition) is 5. The van der Waals surface area contributed by atoms with Crippen LogP contribution in [0.15, 0.2) is 11.6 Å². The average Bonchev–Trinajstić information content (AvgIpc) is 3.26. The number of rotatable bonds is 4. The zero-order valence-electron chi connectivity index (χ0n) is 13.7. The summed E-state index contributed by atoms with van der Waals surface area (Å²) in [5.41, 5.74) is 0. The van der Waals surface area contributed by atoms with Crippen molar-refractivity contribution in [1.29, 1.82) is 0 Å². The van der Waals surface area contributed by atoms with Gasteiger partial charge in [-0.1, -0.05) is 0 Å². The minimum atomic E-state index is -0.208. The maximum absolute atomic E-state index is 12.5. The van der Waals surface area contributed by atoms with Crippen LogP contribution in [0, 0.1) is 0 Å². The number of amides is 2. The first-order chi connectivity index (χ1) is 11.1. The van der Waals surface area contributed by atoms with Gasteiger partial charge in [-0.05, 0) is 39.2 Å². The van der Waals surface area contributed by atoms with Gasteiger partial charge in [-0.3, -0.25) is 14.5 Å². The molecule has 6 nitrogen and oxygen atoms in total. The number of thiazole rings is 1. The summed E-state index contributed by atoms with van der Waals surface area (Å²) in [6.07, 6.45) is 5.94. The normalized spacial score (nSPS) is 26.4. The predicted octanol–water partition coefficient (Wildman–Crippen LogP) is 1.95. The largest absolute Gasteiger partial charge is 0.338 e. The van der Waals surface area contributed by atoms with E-state index < -0.39 is 0 Å². The molecule has 0 saturated carbocycles. The number of anilines is 1. The summed E-state index contributed by atoms with van der Waals surface area (Å²) in [6.45, 7) is 5.37. The summed E-state index contributed by atoms with van der Waals surface area (Å²) in [5.74, 6) is 0.137. The number of likely N-dealkylation sites (tertiary alicyclic amines) is 2. The van der Waals surface area contributed by atoms with E-state index in [0.717, 1.165) is 38.8 Å². The SMILES string of the molecule is CC(=O)N1CCC[C@@H]1[C@@H]1CCCN1[C@@H](C)C(=O)Nc1nccs1. The fourth-order valence-electron chi connectivity index (χ4n) is 3.94. The molecule has 23 heavy (non-hydrogen) atoms. The monoisotopic (exact) mass is 336 g/mol. The molecule has 3 atom stereocenters. The Bertz CT molecular complexity index is 562. The van der Waals surface area contributed by atoms with E-state index in [1.165, 1.54) is 11.3 Å². The smallest absolute Gasteiger partial charge is 0.243 e. The second-order valence-electron chi connectivity index (χ2n) is 6.37. The van der Waals surface area contributed by atoms with Crippen molar-refractivity contribution in [3.05, 3.63) is 11.6 Å². The van der Waals surface area contributed by atoms with E-state index in [1.807, 2.05) is 17.2 Å². The minimum absolute atomic E-state index is 0.0146. The molecule has 0 aliphatic carbocycles. The van der Waals surface area contributed by atoms with Gasteiger partial charge in [0.25, 0.3) is 0 Å². The van der Waals surface area contributed by atoms with Crippen LogP contribution in [0.3, 0.4) is 0 Å². The van der Waals surface area contributed by atoms with Crippen LogP contribution in [0.4, 0.5) is 5.13 Å². The lowest BCUT2D eigenvalue weighted by molar-refractivity contribution is -0.131. The molecule has 0 aromatic carbocycles. The molecule has 0 radical (unpaired) electrons. The van der Waals surface area contributed by atoms with Crippen molar-refractivity contribution >= 4 is 28.3 Å². The Morgan fingerprint density at radius 2 is 2.04 bits per heavy atom. The van der Waals surface area contributed by atoms with Crippen LogP contribution in [0.5, 0.6) is 0 Å². The van der Waals surface area contributed by atoms with Crippen molar-refractivity contribution in [2.75, 3.05) is 18.4 Å². The van der Waals surface area contributed by atoms with Gasteiger partial charge < -0.3 is 10.2 Å². The number of nitrogens with one attached hydrogen (secondary N) is 1. The van der Waals surface area contributed by atoms with Crippen molar-refractivity contribution in [3.63, 3.8) is 0 Å². The molecular formula is C16H24N4O2S. The van der Waals surface area contributed by atoms with Crippen molar-refractivity contribution in [2.45, 2.75) is 57.7 Å². The number of nitrogens with zero attached hydrogens (tertiary/aromatic N) is 3. The molecule has 3 heterocycles. The van der Waals surface area contributed by atoms with Crippen molar-refractivity contribution < 1.29 is 9.59 Å². The maximum Gasteiger partial charge on any atom is 0.243 e. The lowest BCUT2D eigenvalue weighted by atomic mass is 10.0. The highest BCUT2D eigenvalue weighted by atomic mass is 32.1. The summed E-state index contributed by atoms with van der Waals surface area (Å²) in [4.78, 5) is 32.7. The van der Waals surface area contributed by atoms with E-state index in [0.29, 0.717) is 11.2 Å².